The molecule has 0 spiro atoms. The Morgan fingerprint density at radius 3 is 2.67 bits per heavy atom. The number of amides is 1. The topological polar surface area (TPSA) is 46.4 Å². The van der Waals surface area contributed by atoms with E-state index in [0.29, 0.717) is 5.69 Å². The van der Waals surface area contributed by atoms with E-state index in [1.165, 1.54) is 5.56 Å². The van der Waals surface area contributed by atoms with E-state index >= 15 is 0 Å². The molecule has 0 fully saturated rings. The highest BCUT2D eigenvalue weighted by atomic mass is 16.1. The first-order valence-electron chi connectivity index (χ1n) is 7.03. The molecule has 0 unspecified atom stereocenters. The molecule has 3 rings (SSSR count). The van der Waals surface area contributed by atoms with Gasteiger partial charge in [0.1, 0.15) is 5.82 Å². The summed E-state index contributed by atoms with van der Waals surface area (Å²) in [4.78, 5) is 16.8. The van der Waals surface area contributed by atoms with Crippen molar-refractivity contribution in [2.75, 3.05) is 5.32 Å². The molecule has 2 aromatic heterocycles. The summed E-state index contributed by atoms with van der Waals surface area (Å²) in [7, 11) is 0. The summed E-state index contributed by atoms with van der Waals surface area (Å²) < 4.78 is 1.91. The molecular formula is C17H17N3O. The SMILES string of the molecule is CCc1ccc(NC(=O)c2nc(C)n3ccccc23)cc1. The van der Waals surface area contributed by atoms with E-state index < -0.39 is 0 Å². The van der Waals surface area contributed by atoms with E-state index in [4.69, 9.17) is 0 Å². The monoisotopic (exact) mass is 279 g/mol. The Morgan fingerprint density at radius 2 is 1.95 bits per heavy atom. The molecule has 0 aliphatic heterocycles. The smallest absolute Gasteiger partial charge is 0.276 e. The third-order valence-corrected chi connectivity index (χ3v) is 3.56. The zero-order valence-corrected chi connectivity index (χ0v) is 12.1. The van der Waals surface area contributed by atoms with Gasteiger partial charge in [0.2, 0.25) is 0 Å². The van der Waals surface area contributed by atoms with E-state index in [-0.39, 0.29) is 5.91 Å². The van der Waals surface area contributed by atoms with Gasteiger partial charge < -0.3 is 9.72 Å². The second kappa shape index (κ2) is 5.40. The van der Waals surface area contributed by atoms with E-state index in [2.05, 4.69) is 17.2 Å². The van der Waals surface area contributed by atoms with E-state index in [1.54, 1.807) is 0 Å². The molecule has 0 saturated carbocycles. The maximum Gasteiger partial charge on any atom is 0.276 e. The Labute approximate surface area is 123 Å². The van der Waals surface area contributed by atoms with Crippen LogP contribution >= 0.6 is 0 Å². The van der Waals surface area contributed by atoms with E-state index in [0.717, 1.165) is 23.4 Å². The number of hydrogen-bond donors (Lipinski definition) is 1. The molecule has 1 aromatic carbocycles. The molecule has 4 nitrogen and oxygen atoms in total. The van der Waals surface area contributed by atoms with Crippen LogP contribution < -0.4 is 5.32 Å². The van der Waals surface area contributed by atoms with Crippen LogP contribution in [0, 0.1) is 6.92 Å². The summed E-state index contributed by atoms with van der Waals surface area (Å²) in [6.45, 7) is 3.99. The predicted octanol–water partition coefficient (Wildman–Crippen LogP) is 3.46. The number of carbonyl (C=O) groups excluding carboxylic acids is 1. The molecule has 0 bridgehead atoms. The number of pyridine rings is 1. The first-order valence-corrected chi connectivity index (χ1v) is 7.03. The van der Waals surface area contributed by atoms with Crippen molar-refractivity contribution in [2.45, 2.75) is 20.3 Å². The van der Waals surface area contributed by atoms with Crippen molar-refractivity contribution in [1.82, 2.24) is 9.38 Å². The number of carbonyl (C=O) groups is 1. The number of benzene rings is 1. The Hall–Kier alpha value is -2.62. The lowest BCUT2D eigenvalue weighted by atomic mass is 10.1. The first-order chi connectivity index (χ1) is 10.2. The number of aromatic nitrogens is 2. The van der Waals surface area contributed by atoms with Crippen LogP contribution in [0.1, 0.15) is 28.8 Å². The number of aryl methyl sites for hydroxylation is 2. The Balaban J connectivity index is 1.90. The lowest BCUT2D eigenvalue weighted by Crippen LogP contribution is -2.12. The number of nitrogens with one attached hydrogen (secondary N) is 1. The minimum Gasteiger partial charge on any atom is -0.321 e. The van der Waals surface area contributed by atoms with Crippen LogP contribution in [0.4, 0.5) is 5.69 Å². The van der Waals surface area contributed by atoms with Gasteiger partial charge >= 0.3 is 0 Å². The highest BCUT2D eigenvalue weighted by molar-refractivity contribution is 6.07. The lowest BCUT2D eigenvalue weighted by molar-refractivity contribution is 0.102. The van der Waals surface area contributed by atoms with Crippen LogP contribution in [0.3, 0.4) is 0 Å². The largest absolute Gasteiger partial charge is 0.321 e. The average Bonchev–Trinajstić information content (AvgIpc) is 2.86. The maximum absolute atomic E-state index is 12.4. The highest BCUT2D eigenvalue weighted by Crippen LogP contribution is 2.16. The summed E-state index contributed by atoms with van der Waals surface area (Å²) in [6, 6.07) is 13.6. The van der Waals surface area contributed by atoms with Gasteiger partial charge in [-0.1, -0.05) is 25.1 Å². The van der Waals surface area contributed by atoms with Gasteiger partial charge in [-0.15, -0.1) is 0 Å². The van der Waals surface area contributed by atoms with Crippen molar-refractivity contribution in [3.8, 4) is 0 Å². The second-order valence-corrected chi connectivity index (χ2v) is 4.97. The van der Waals surface area contributed by atoms with Crippen molar-refractivity contribution >= 4 is 17.1 Å². The zero-order chi connectivity index (χ0) is 14.8. The molecule has 2 heterocycles. The first kappa shape index (κ1) is 13.4. The summed E-state index contributed by atoms with van der Waals surface area (Å²) in [5.41, 5.74) is 3.30. The van der Waals surface area contributed by atoms with Crippen LogP contribution in [-0.4, -0.2) is 15.3 Å². The predicted molar refractivity (Wildman–Crippen MR) is 83.7 cm³/mol. The number of anilines is 1. The second-order valence-electron chi connectivity index (χ2n) is 4.97. The Morgan fingerprint density at radius 1 is 1.19 bits per heavy atom. The van der Waals surface area contributed by atoms with Crippen LogP contribution in [-0.2, 0) is 6.42 Å². The van der Waals surface area contributed by atoms with Gasteiger partial charge in [0, 0.05) is 11.9 Å². The van der Waals surface area contributed by atoms with Crippen molar-refractivity contribution in [2.24, 2.45) is 0 Å². The fraction of sp³-hybridized carbons (Fsp3) is 0.176. The van der Waals surface area contributed by atoms with Gasteiger partial charge in [0.15, 0.2) is 5.69 Å². The summed E-state index contributed by atoms with van der Waals surface area (Å²) in [6.07, 6.45) is 2.89. The third-order valence-electron chi connectivity index (χ3n) is 3.56. The molecule has 1 amide bonds. The van der Waals surface area contributed by atoms with Crippen LogP contribution in [0.5, 0.6) is 0 Å². The molecule has 0 aliphatic carbocycles. The molecule has 1 N–H and O–H groups in total. The molecule has 21 heavy (non-hydrogen) atoms. The molecule has 4 heteroatoms. The van der Waals surface area contributed by atoms with Gasteiger partial charge in [-0.05, 0) is 43.2 Å². The fourth-order valence-electron chi connectivity index (χ4n) is 2.37. The summed E-state index contributed by atoms with van der Waals surface area (Å²) in [5, 5.41) is 2.90. The van der Waals surface area contributed by atoms with Gasteiger partial charge in [0.25, 0.3) is 5.91 Å². The summed E-state index contributed by atoms with van der Waals surface area (Å²) in [5.74, 6) is 0.619. The molecule has 106 valence electrons. The van der Waals surface area contributed by atoms with Crippen LogP contribution in [0.2, 0.25) is 0 Å². The lowest BCUT2D eigenvalue weighted by Gasteiger charge is -2.04. The van der Waals surface area contributed by atoms with Crippen molar-refractivity contribution < 1.29 is 4.79 Å². The van der Waals surface area contributed by atoms with Crippen molar-refractivity contribution in [3.05, 3.63) is 65.7 Å². The minimum atomic E-state index is -0.184. The van der Waals surface area contributed by atoms with Gasteiger partial charge in [-0.3, -0.25) is 4.79 Å². The van der Waals surface area contributed by atoms with Gasteiger partial charge in [0.05, 0.1) is 5.52 Å². The highest BCUT2D eigenvalue weighted by Gasteiger charge is 2.15. The molecule has 0 aliphatic rings. The van der Waals surface area contributed by atoms with Gasteiger partial charge in [-0.2, -0.15) is 0 Å². The standard InChI is InChI=1S/C17H17N3O/c1-3-13-7-9-14(10-8-13)19-17(21)16-15-6-4-5-11-20(15)12(2)18-16/h4-11H,3H2,1-2H3,(H,19,21). The van der Waals surface area contributed by atoms with Crippen LogP contribution in [0.15, 0.2) is 48.7 Å². The Bertz CT molecular complexity index is 787. The summed E-state index contributed by atoms with van der Waals surface area (Å²) >= 11 is 0. The van der Waals surface area contributed by atoms with Crippen LogP contribution in [0.25, 0.3) is 5.52 Å². The number of fused-ring (bicyclic) bond motifs is 1. The fourth-order valence-corrected chi connectivity index (χ4v) is 2.37. The number of hydrogen-bond acceptors (Lipinski definition) is 2. The van der Waals surface area contributed by atoms with E-state index in [9.17, 15) is 4.79 Å². The maximum atomic E-state index is 12.4. The number of rotatable bonds is 3. The molecule has 0 saturated heterocycles. The number of nitrogens with zero attached hydrogens (tertiary/aromatic N) is 2. The number of imidazole rings is 1. The molecule has 3 aromatic rings. The average molecular weight is 279 g/mol. The minimum absolute atomic E-state index is 0.184. The third kappa shape index (κ3) is 2.52. The van der Waals surface area contributed by atoms with Gasteiger partial charge in [-0.25, -0.2) is 4.98 Å². The van der Waals surface area contributed by atoms with Crippen molar-refractivity contribution in [1.29, 1.82) is 0 Å². The quantitative estimate of drug-likeness (QED) is 0.798. The normalized spacial score (nSPS) is 10.8. The zero-order valence-electron chi connectivity index (χ0n) is 12.1. The Kier molecular flexibility index (Phi) is 3.44. The molecule has 0 radical (unpaired) electrons. The molecular weight excluding hydrogens is 262 g/mol. The van der Waals surface area contributed by atoms with Crippen molar-refractivity contribution in [3.63, 3.8) is 0 Å². The molecule has 0 atom stereocenters. The van der Waals surface area contributed by atoms with E-state index in [1.807, 2.05) is 60.0 Å².